The normalized spacial score (nSPS) is 24.8. The molecule has 6 nitrogen and oxygen atoms in total. The Bertz CT molecular complexity index is 561. The lowest BCUT2D eigenvalue weighted by Crippen LogP contribution is -2.44. The van der Waals surface area contributed by atoms with Gasteiger partial charge in [-0.05, 0) is 18.1 Å². The summed E-state index contributed by atoms with van der Waals surface area (Å²) in [6.07, 6.45) is 0.763. The van der Waals surface area contributed by atoms with Gasteiger partial charge < -0.3 is 20.1 Å². The molecule has 2 N–H and O–H groups in total. The summed E-state index contributed by atoms with van der Waals surface area (Å²) in [5.41, 5.74) is 2.42. The molecule has 0 saturated carbocycles. The predicted molar refractivity (Wildman–Crippen MR) is 96.2 cm³/mol. The fourth-order valence-corrected chi connectivity index (χ4v) is 3.38. The van der Waals surface area contributed by atoms with E-state index in [0.29, 0.717) is 25.7 Å². The number of hydrogen-bond acceptors (Lipinski definition) is 5. The molecule has 2 unspecified atom stereocenters. The quantitative estimate of drug-likeness (QED) is 0.801. The second-order valence-corrected chi connectivity index (χ2v) is 6.94. The van der Waals surface area contributed by atoms with Crippen LogP contribution >= 0.6 is 0 Å². The van der Waals surface area contributed by atoms with E-state index >= 15 is 0 Å². The van der Waals surface area contributed by atoms with Gasteiger partial charge in [0, 0.05) is 45.2 Å². The van der Waals surface area contributed by atoms with Crippen molar-refractivity contribution in [3.05, 3.63) is 35.4 Å². The van der Waals surface area contributed by atoms with Crippen molar-refractivity contribution in [2.24, 2.45) is 0 Å². The highest BCUT2D eigenvalue weighted by Gasteiger charge is 2.18. The van der Waals surface area contributed by atoms with Crippen molar-refractivity contribution in [3.63, 3.8) is 0 Å². The molecule has 0 aliphatic carbocycles. The third-order valence-corrected chi connectivity index (χ3v) is 4.64. The Kier molecular flexibility index (Phi) is 6.81. The van der Waals surface area contributed by atoms with Crippen LogP contribution in [-0.2, 0) is 27.4 Å². The molecule has 3 rings (SSSR count). The molecule has 25 heavy (non-hydrogen) atoms. The van der Waals surface area contributed by atoms with Crippen molar-refractivity contribution in [2.45, 2.75) is 38.6 Å². The van der Waals surface area contributed by atoms with Crippen LogP contribution in [0.5, 0.6) is 0 Å². The SMILES string of the molecule is CC1CN(Cc2cccc(CNC(=O)CC3COCCN3)c2)CCO1. The first-order chi connectivity index (χ1) is 12.2. The molecule has 1 aromatic carbocycles. The lowest BCUT2D eigenvalue weighted by atomic mass is 10.1. The number of ether oxygens (including phenoxy) is 2. The summed E-state index contributed by atoms with van der Waals surface area (Å²) in [5.74, 6) is 0.0652. The van der Waals surface area contributed by atoms with Crippen molar-refractivity contribution in [1.82, 2.24) is 15.5 Å². The van der Waals surface area contributed by atoms with Crippen LogP contribution in [0.25, 0.3) is 0 Å². The second-order valence-electron chi connectivity index (χ2n) is 6.94. The summed E-state index contributed by atoms with van der Waals surface area (Å²) < 4.78 is 11.0. The summed E-state index contributed by atoms with van der Waals surface area (Å²) >= 11 is 0. The molecule has 2 saturated heterocycles. The van der Waals surface area contributed by atoms with Crippen LogP contribution in [0.15, 0.2) is 24.3 Å². The minimum absolute atomic E-state index is 0.0652. The van der Waals surface area contributed by atoms with Crippen molar-refractivity contribution in [2.75, 3.05) is 39.5 Å². The lowest BCUT2D eigenvalue weighted by molar-refractivity contribution is -0.122. The highest BCUT2D eigenvalue weighted by molar-refractivity contribution is 5.76. The molecule has 2 aliphatic rings. The number of nitrogens with one attached hydrogen (secondary N) is 2. The van der Waals surface area contributed by atoms with Crippen LogP contribution in [0.3, 0.4) is 0 Å². The number of hydrogen-bond donors (Lipinski definition) is 2. The van der Waals surface area contributed by atoms with Crippen LogP contribution in [0, 0.1) is 0 Å². The van der Waals surface area contributed by atoms with E-state index in [4.69, 9.17) is 9.47 Å². The molecule has 0 radical (unpaired) electrons. The summed E-state index contributed by atoms with van der Waals surface area (Å²) in [5, 5.41) is 6.32. The van der Waals surface area contributed by atoms with Gasteiger partial charge in [-0.2, -0.15) is 0 Å². The zero-order valence-corrected chi connectivity index (χ0v) is 15.0. The third-order valence-electron chi connectivity index (χ3n) is 4.64. The second kappa shape index (κ2) is 9.29. The van der Waals surface area contributed by atoms with Crippen molar-refractivity contribution in [3.8, 4) is 0 Å². The van der Waals surface area contributed by atoms with Crippen LogP contribution < -0.4 is 10.6 Å². The van der Waals surface area contributed by atoms with Gasteiger partial charge in [0.25, 0.3) is 0 Å². The van der Waals surface area contributed by atoms with Gasteiger partial charge in [-0.25, -0.2) is 0 Å². The van der Waals surface area contributed by atoms with Crippen LogP contribution in [0.4, 0.5) is 0 Å². The first-order valence-corrected chi connectivity index (χ1v) is 9.18. The molecule has 1 amide bonds. The van der Waals surface area contributed by atoms with Gasteiger partial charge in [-0.15, -0.1) is 0 Å². The molecule has 1 aromatic rings. The number of morpholine rings is 2. The van der Waals surface area contributed by atoms with E-state index in [-0.39, 0.29) is 11.9 Å². The standard InChI is InChI=1S/C19H29N3O3/c1-15-12-22(6-8-25-15)13-17-4-2-3-16(9-17)11-21-19(23)10-18-14-24-7-5-20-18/h2-4,9,15,18,20H,5-8,10-14H2,1H3,(H,21,23). The molecule has 2 heterocycles. The average Bonchev–Trinajstić information content (AvgIpc) is 2.61. The van der Waals surface area contributed by atoms with Crippen molar-refractivity contribution < 1.29 is 14.3 Å². The van der Waals surface area contributed by atoms with Gasteiger partial charge in [0.15, 0.2) is 0 Å². The van der Waals surface area contributed by atoms with E-state index < -0.39 is 0 Å². The third kappa shape index (κ3) is 6.08. The molecule has 0 spiro atoms. The van der Waals surface area contributed by atoms with Gasteiger partial charge in [-0.1, -0.05) is 24.3 Å². The summed E-state index contributed by atoms with van der Waals surface area (Å²) in [6.45, 7) is 8.52. The monoisotopic (exact) mass is 347 g/mol. The van der Waals surface area contributed by atoms with E-state index in [1.54, 1.807) is 0 Å². The predicted octanol–water partition coefficient (Wildman–Crippen LogP) is 0.902. The molecule has 138 valence electrons. The summed E-state index contributed by atoms with van der Waals surface area (Å²) in [6, 6.07) is 8.59. The molecule has 2 atom stereocenters. The summed E-state index contributed by atoms with van der Waals surface area (Å²) in [4.78, 5) is 14.5. The lowest BCUT2D eigenvalue weighted by Gasteiger charge is -2.31. The topological polar surface area (TPSA) is 62.8 Å². The Morgan fingerprint density at radius 1 is 1.36 bits per heavy atom. The first-order valence-electron chi connectivity index (χ1n) is 9.18. The Balaban J connectivity index is 1.45. The maximum absolute atomic E-state index is 12.1. The molecular weight excluding hydrogens is 318 g/mol. The maximum Gasteiger partial charge on any atom is 0.221 e. The van der Waals surface area contributed by atoms with Gasteiger partial charge in [0.1, 0.15) is 0 Å². The Morgan fingerprint density at radius 3 is 3.04 bits per heavy atom. The first kappa shape index (κ1) is 18.3. The fraction of sp³-hybridized carbons (Fsp3) is 0.632. The van der Waals surface area contributed by atoms with E-state index in [2.05, 4.69) is 46.7 Å². The fourth-order valence-electron chi connectivity index (χ4n) is 3.38. The van der Waals surface area contributed by atoms with E-state index in [1.807, 2.05) is 0 Å². The Morgan fingerprint density at radius 2 is 2.24 bits per heavy atom. The van der Waals surface area contributed by atoms with Crippen LogP contribution in [0.1, 0.15) is 24.5 Å². The minimum atomic E-state index is 0.0652. The van der Waals surface area contributed by atoms with Crippen LogP contribution in [-0.4, -0.2) is 62.4 Å². The Hall–Kier alpha value is -1.47. The number of benzene rings is 1. The summed E-state index contributed by atoms with van der Waals surface area (Å²) in [7, 11) is 0. The zero-order chi connectivity index (χ0) is 17.5. The number of carbonyl (C=O) groups is 1. The number of rotatable bonds is 6. The number of nitrogens with zero attached hydrogens (tertiary/aromatic N) is 1. The molecule has 2 fully saturated rings. The molecule has 2 aliphatic heterocycles. The largest absolute Gasteiger partial charge is 0.378 e. The van der Waals surface area contributed by atoms with Gasteiger partial charge in [-0.3, -0.25) is 9.69 Å². The van der Waals surface area contributed by atoms with Crippen molar-refractivity contribution >= 4 is 5.91 Å². The van der Waals surface area contributed by atoms with Crippen molar-refractivity contribution in [1.29, 1.82) is 0 Å². The van der Waals surface area contributed by atoms with Gasteiger partial charge in [0.05, 0.1) is 25.9 Å². The smallest absolute Gasteiger partial charge is 0.221 e. The van der Waals surface area contributed by atoms with E-state index in [1.165, 1.54) is 5.56 Å². The van der Waals surface area contributed by atoms with E-state index in [9.17, 15) is 4.79 Å². The van der Waals surface area contributed by atoms with Gasteiger partial charge >= 0.3 is 0 Å². The minimum Gasteiger partial charge on any atom is -0.378 e. The number of amides is 1. The Labute approximate surface area is 149 Å². The molecule has 0 bridgehead atoms. The highest BCUT2D eigenvalue weighted by atomic mass is 16.5. The van der Waals surface area contributed by atoms with Crippen LogP contribution in [0.2, 0.25) is 0 Å². The van der Waals surface area contributed by atoms with E-state index in [0.717, 1.165) is 45.0 Å². The molecular formula is C19H29N3O3. The average molecular weight is 347 g/mol. The molecule has 0 aromatic heterocycles. The number of carbonyl (C=O) groups excluding carboxylic acids is 1. The maximum atomic E-state index is 12.1. The molecule has 6 heteroatoms. The highest BCUT2D eigenvalue weighted by Crippen LogP contribution is 2.12. The van der Waals surface area contributed by atoms with Gasteiger partial charge in [0.2, 0.25) is 5.91 Å². The zero-order valence-electron chi connectivity index (χ0n) is 15.0.